The van der Waals surface area contributed by atoms with Gasteiger partial charge < -0.3 is 14.8 Å². The number of hydrogen-bond acceptors (Lipinski definition) is 4. The van der Waals surface area contributed by atoms with E-state index < -0.39 is 0 Å². The second-order valence-corrected chi connectivity index (χ2v) is 7.05. The van der Waals surface area contributed by atoms with Crippen molar-refractivity contribution < 1.29 is 14.3 Å². The topological polar surface area (TPSA) is 64.9 Å². The van der Waals surface area contributed by atoms with Gasteiger partial charge in [0.05, 0.1) is 11.7 Å². The van der Waals surface area contributed by atoms with E-state index >= 15 is 0 Å². The van der Waals surface area contributed by atoms with Crippen LogP contribution < -0.4 is 14.8 Å². The van der Waals surface area contributed by atoms with Crippen molar-refractivity contribution in [2.75, 3.05) is 6.61 Å². The third-order valence-corrected chi connectivity index (χ3v) is 4.40. The smallest absolute Gasteiger partial charge is 0.258 e. The molecule has 1 aliphatic heterocycles. The van der Waals surface area contributed by atoms with Crippen molar-refractivity contribution in [2.45, 2.75) is 32.4 Å². The van der Waals surface area contributed by atoms with Gasteiger partial charge in [0, 0.05) is 30.3 Å². The molecule has 0 bridgehead atoms. The molecule has 0 aliphatic carbocycles. The number of benzene rings is 1. The quantitative estimate of drug-likeness (QED) is 0.768. The Morgan fingerprint density at radius 3 is 3.08 bits per heavy atom. The first-order valence-corrected chi connectivity index (χ1v) is 8.63. The van der Waals surface area contributed by atoms with Gasteiger partial charge in [-0.15, -0.1) is 0 Å². The predicted molar refractivity (Wildman–Crippen MR) is 97.4 cm³/mol. The molecule has 0 saturated heterocycles. The summed E-state index contributed by atoms with van der Waals surface area (Å²) in [6.07, 6.45) is 4.47. The minimum Gasteiger partial charge on any atom is -0.483 e. The molecule has 6 nitrogen and oxygen atoms in total. The molecular weight excluding hydrogens is 330 g/mol. The second-order valence-electron chi connectivity index (χ2n) is 7.05. The minimum atomic E-state index is -0.242. The molecule has 0 spiro atoms. The zero-order valence-electron chi connectivity index (χ0n) is 14.9. The number of hydrogen-bond donors (Lipinski definition) is 1. The number of fused-ring (bicyclic) bond motifs is 2. The highest BCUT2D eigenvalue weighted by atomic mass is 16.5. The normalized spacial score (nSPS) is 14.7. The van der Waals surface area contributed by atoms with Gasteiger partial charge in [-0.2, -0.15) is 5.10 Å². The molecular formula is C20H21N3O3. The van der Waals surface area contributed by atoms with Gasteiger partial charge >= 0.3 is 0 Å². The summed E-state index contributed by atoms with van der Waals surface area (Å²) < 4.78 is 13.4. The second kappa shape index (κ2) is 6.37. The zero-order valence-corrected chi connectivity index (χ0v) is 14.9. The molecule has 2 aromatic heterocycles. The molecule has 3 heterocycles. The molecule has 0 unspecified atom stereocenters. The highest BCUT2D eigenvalue weighted by Crippen LogP contribution is 2.41. The van der Waals surface area contributed by atoms with Gasteiger partial charge in [-0.05, 0) is 32.0 Å². The third kappa shape index (κ3) is 3.22. The van der Waals surface area contributed by atoms with Gasteiger partial charge in [0.2, 0.25) is 0 Å². The third-order valence-electron chi connectivity index (χ3n) is 4.40. The predicted octanol–water partition coefficient (Wildman–Crippen LogP) is 2.74. The van der Waals surface area contributed by atoms with Crippen LogP contribution in [0.4, 0.5) is 0 Å². The fraction of sp³-hybridized carbons (Fsp3) is 0.300. The van der Waals surface area contributed by atoms with Crippen molar-refractivity contribution in [1.29, 1.82) is 0 Å². The van der Waals surface area contributed by atoms with E-state index in [1.54, 1.807) is 10.7 Å². The Balaban J connectivity index is 1.36. The highest BCUT2D eigenvalue weighted by Gasteiger charge is 2.32. The van der Waals surface area contributed by atoms with Crippen LogP contribution >= 0.6 is 0 Å². The van der Waals surface area contributed by atoms with E-state index in [0.29, 0.717) is 12.3 Å². The number of pyridine rings is 1. The number of nitrogens with one attached hydrogen (secondary N) is 1. The summed E-state index contributed by atoms with van der Waals surface area (Å²) in [5.74, 6) is 1.17. The van der Waals surface area contributed by atoms with Crippen molar-refractivity contribution in [3.05, 3.63) is 59.9 Å². The summed E-state index contributed by atoms with van der Waals surface area (Å²) in [5, 5.41) is 7.13. The number of carbonyl (C=O) groups excluding carboxylic acids is 1. The lowest BCUT2D eigenvalue weighted by Crippen LogP contribution is -2.28. The molecule has 1 amide bonds. The van der Waals surface area contributed by atoms with E-state index in [1.165, 1.54) is 0 Å². The van der Waals surface area contributed by atoms with Gasteiger partial charge in [-0.25, -0.2) is 4.52 Å². The van der Waals surface area contributed by atoms with Gasteiger partial charge in [0.15, 0.2) is 18.1 Å². The fourth-order valence-electron chi connectivity index (χ4n) is 3.21. The average molecular weight is 351 g/mol. The lowest BCUT2D eigenvalue weighted by atomic mass is 10.0. The molecule has 1 aliphatic rings. The number of para-hydroxylation sites is 1. The van der Waals surface area contributed by atoms with Gasteiger partial charge in [-0.1, -0.05) is 18.2 Å². The van der Waals surface area contributed by atoms with Gasteiger partial charge in [0.25, 0.3) is 5.91 Å². The van der Waals surface area contributed by atoms with Crippen LogP contribution in [0.3, 0.4) is 0 Å². The molecule has 0 radical (unpaired) electrons. The Bertz CT molecular complexity index is 962. The molecule has 6 heteroatoms. The first-order valence-electron chi connectivity index (χ1n) is 8.63. The van der Waals surface area contributed by atoms with Crippen molar-refractivity contribution in [1.82, 2.24) is 14.9 Å². The van der Waals surface area contributed by atoms with Gasteiger partial charge in [0.1, 0.15) is 5.60 Å². The monoisotopic (exact) mass is 351 g/mol. The van der Waals surface area contributed by atoms with Crippen LogP contribution in [0, 0.1) is 0 Å². The summed E-state index contributed by atoms with van der Waals surface area (Å²) in [7, 11) is 0. The van der Waals surface area contributed by atoms with Crippen LogP contribution in [0.15, 0.2) is 48.8 Å². The van der Waals surface area contributed by atoms with Crippen LogP contribution in [-0.2, 0) is 17.8 Å². The summed E-state index contributed by atoms with van der Waals surface area (Å²) in [6.45, 7) is 4.44. The van der Waals surface area contributed by atoms with Crippen molar-refractivity contribution >= 4 is 11.4 Å². The molecule has 26 heavy (non-hydrogen) atoms. The lowest BCUT2D eigenvalue weighted by Gasteiger charge is -2.18. The number of carbonyl (C=O) groups is 1. The number of rotatable bonds is 5. The summed E-state index contributed by atoms with van der Waals surface area (Å²) in [4.78, 5) is 12.2. The largest absolute Gasteiger partial charge is 0.483 e. The Labute approximate surface area is 151 Å². The Hall–Kier alpha value is -3.02. The van der Waals surface area contributed by atoms with Crippen molar-refractivity contribution in [3.8, 4) is 11.5 Å². The lowest BCUT2D eigenvalue weighted by molar-refractivity contribution is -0.123. The fourth-order valence-corrected chi connectivity index (χ4v) is 3.21. The van der Waals surface area contributed by atoms with Crippen LogP contribution in [0.1, 0.15) is 25.0 Å². The maximum absolute atomic E-state index is 12.2. The average Bonchev–Trinajstić information content (AvgIpc) is 3.17. The Morgan fingerprint density at radius 2 is 2.19 bits per heavy atom. The summed E-state index contributed by atoms with van der Waals surface area (Å²) in [6, 6.07) is 11.6. The number of ether oxygens (including phenoxy) is 2. The van der Waals surface area contributed by atoms with Crippen LogP contribution in [0.5, 0.6) is 11.5 Å². The van der Waals surface area contributed by atoms with E-state index in [1.807, 2.05) is 56.4 Å². The standard InChI is InChI=1S/C20H21N3O3/c1-20(2)10-14-6-5-8-17(19(14)26-20)25-13-18(24)21-11-15-12-22-23-9-4-3-7-16(15)23/h3-9,12H,10-11,13H2,1-2H3,(H,21,24). The van der Waals surface area contributed by atoms with E-state index in [2.05, 4.69) is 10.4 Å². The first kappa shape index (κ1) is 16.4. The molecule has 0 fully saturated rings. The Kier molecular flexibility index (Phi) is 4.03. The molecule has 3 aromatic rings. The maximum atomic E-state index is 12.2. The van der Waals surface area contributed by atoms with Crippen molar-refractivity contribution in [3.63, 3.8) is 0 Å². The molecule has 4 rings (SSSR count). The molecule has 1 aromatic carbocycles. The molecule has 134 valence electrons. The van der Waals surface area contributed by atoms with Crippen LogP contribution in [0.2, 0.25) is 0 Å². The van der Waals surface area contributed by atoms with E-state index in [0.717, 1.165) is 28.8 Å². The number of aromatic nitrogens is 2. The minimum absolute atomic E-state index is 0.0561. The first-order chi connectivity index (χ1) is 12.5. The summed E-state index contributed by atoms with van der Waals surface area (Å²) in [5.41, 5.74) is 2.81. The van der Waals surface area contributed by atoms with E-state index in [9.17, 15) is 4.79 Å². The van der Waals surface area contributed by atoms with Crippen molar-refractivity contribution in [2.24, 2.45) is 0 Å². The zero-order chi connectivity index (χ0) is 18.1. The number of amides is 1. The maximum Gasteiger partial charge on any atom is 0.258 e. The Morgan fingerprint density at radius 1 is 1.31 bits per heavy atom. The molecule has 1 N–H and O–H groups in total. The van der Waals surface area contributed by atoms with Crippen LogP contribution in [0.25, 0.3) is 5.52 Å². The number of nitrogens with zero attached hydrogens (tertiary/aromatic N) is 2. The highest BCUT2D eigenvalue weighted by molar-refractivity contribution is 5.78. The summed E-state index contributed by atoms with van der Waals surface area (Å²) >= 11 is 0. The van der Waals surface area contributed by atoms with Gasteiger partial charge in [-0.3, -0.25) is 4.79 Å². The molecule has 0 saturated carbocycles. The van der Waals surface area contributed by atoms with E-state index in [4.69, 9.17) is 9.47 Å². The van der Waals surface area contributed by atoms with E-state index in [-0.39, 0.29) is 18.1 Å². The molecule has 0 atom stereocenters. The SMILES string of the molecule is CC1(C)Cc2cccc(OCC(=O)NCc3cnn4ccccc34)c2O1. The van der Waals surface area contributed by atoms with Crippen LogP contribution in [-0.4, -0.2) is 27.7 Å².